The van der Waals surface area contributed by atoms with E-state index in [2.05, 4.69) is 23.1 Å². The molecule has 0 amide bonds. The van der Waals surface area contributed by atoms with Crippen molar-refractivity contribution in [1.82, 2.24) is 5.32 Å². The molecule has 0 aliphatic heterocycles. The minimum Gasteiger partial charge on any atom is -0.493 e. The number of terminal acetylenes is 1. The van der Waals surface area contributed by atoms with Crippen LogP contribution in [-0.4, -0.2) is 31.9 Å². The highest BCUT2D eigenvalue weighted by Gasteiger charge is 2.18. The molecule has 0 saturated heterocycles. The fourth-order valence-electron chi connectivity index (χ4n) is 2.83. The van der Waals surface area contributed by atoms with Crippen molar-refractivity contribution in [3.05, 3.63) is 57.6 Å². The lowest BCUT2D eigenvalue weighted by atomic mass is 10.1. The van der Waals surface area contributed by atoms with E-state index < -0.39 is 6.10 Å². The summed E-state index contributed by atoms with van der Waals surface area (Å²) in [6, 6.07) is 11.1. The van der Waals surface area contributed by atoms with E-state index in [1.807, 2.05) is 31.2 Å². The van der Waals surface area contributed by atoms with Crippen LogP contribution in [0.15, 0.2) is 36.4 Å². The molecule has 0 saturated carbocycles. The van der Waals surface area contributed by atoms with Crippen LogP contribution in [0.4, 0.5) is 0 Å². The Morgan fingerprint density at radius 2 is 1.91 bits per heavy atom. The maximum atomic E-state index is 6.19. The predicted molar refractivity (Wildman–Crippen MR) is 135 cm³/mol. The fraction of sp³-hybridized carbons (Fsp3) is 0.320. The van der Waals surface area contributed by atoms with Crippen LogP contribution in [0.1, 0.15) is 30.6 Å². The summed E-state index contributed by atoms with van der Waals surface area (Å²) in [6.07, 6.45) is 6.25. The van der Waals surface area contributed by atoms with Crippen LogP contribution >= 0.6 is 35.4 Å². The van der Waals surface area contributed by atoms with Crippen molar-refractivity contribution < 1.29 is 14.2 Å². The maximum absolute atomic E-state index is 6.19. The lowest BCUT2D eigenvalue weighted by molar-refractivity contribution is 0.127. The molecule has 0 bridgehead atoms. The average molecular weight is 490 g/mol. The maximum Gasteiger partial charge on any atom is 0.162 e. The number of hydrogen-bond donors (Lipinski definition) is 1. The molecule has 1 atom stereocenters. The molecule has 0 heterocycles. The third-order valence-electron chi connectivity index (χ3n) is 4.36. The molecule has 0 aliphatic rings. The first-order valence-electron chi connectivity index (χ1n) is 10.0. The summed E-state index contributed by atoms with van der Waals surface area (Å²) in [5.74, 6) is 9.65. The zero-order valence-electron chi connectivity index (χ0n) is 18.0. The highest BCUT2D eigenvalue weighted by atomic mass is 35.5. The van der Waals surface area contributed by atoms with E-state index in [-0.39, 0.29) is 13.2 Å². The van der Waals surface area contributed by atoms with Crippen LogP contribution in [0.25, 0.3) is 0 Å². The zero-order chi connectivity index (χ0) is 23.3. The normalized spacial score (nSPS) is 11.0. The molecular weight excluding hydrogens is 465 g/mol. The van der Waals surface area contributed by atoms with E-state index in [9.17, 15) is 0 Å². The Hall–Kier alpha value is -2.41. The zero-order valence-corrected chi connectivity index (χ0v) is 20.4. The SMILES string of the molecule is C#CCOc1ccc(CCNC(=S)C(OCC#CCC)c2ccc(Cl)c(Cl)c2)cc1OC. The van der Waals surface area contributed by atoms with E-state index in [4.69, 9.17) is 56.1 Å². The Kier molecular flexibility index (Phi) is 11.2. The summed E-state index contributed by atoms with van der Waals surface area (Å²) < 4.78 is 16.8. The number of thiocarbonyl (C=S) groups is 1. The Morgan fingerprint density at radius 3 is 2.59 bits per heavy atom. The third kappa shape index (κ3) is 7.93. The molecule has 4 nitrogen and oxygen atoms in total. The predicted octanol–water partition coefficient (Wildman–Crippen LogP) is 5.64. The third-order valence-corrected chi connectivity index (χ3v) is 5.46. The van der Waals surface area contributed by atoms with Gasteiger partial charge in [0.2, 0.25) is 0 Å². The van der Waals surface area contributed by atoms with Gasteiger partial charge in [0, 0.05) is 13.0 Å². The smallest absolute Gasteiger partial charge is 0.162 e. The van der Waals surface area contributed by atoms with Crippen LogP contribution in [0.5, 0.6) is 11.5 Å². The summed E-state index contributed by atoms with van der Waals surface area (Å²) in [6.45, 7) is 3.04. The molecular formula is C25H25Cl2NO3S. The lowest BCUT2D eigenvalue weighted by Gasteiger charge is -2.20. The highest BCUT2D eigenvalue weighted by molar-refractivity contribution is 7.80. The van der Waals surface area contributed by atoms with Gasteiger partial charge in [0.05, 0.1) is 17.2 Å². The number of benzene rings is 2. The van der Waals surface area contributed by atoms with E-state index in [1.165, 1.54) is 0 Å². The van der Waals surface area contributed by atoms with Gasteiger partial charge in [0.15, 0.2) is 11.5 Å². The molecule has 2 aromatic carbocycles. The average Bonchev–Trinajstić information content (AvgIpc) is 2.80. The van der Waals surface area contributed by atoms with E-state index >= 15 is 0 Å². The van der Waals surface area contributed by atoms with Crippen molar-refractivity contribution in [3.63, 3.8) is 0 Å². The lowest BCUT2D eigenvalue weighted by Crippen LogP contribution is -2.31. The Balaban J connectivity index is 2.04. The van der Waals surface area contributed by atoms with Gasteiger partial charge in [-0.2, -0.15) is 0 Å². The molecule has 32 heavy (non-hydrogen) atoms. The molecule has 0 radical (unpaired) electrons. The van der Waals surface area contributed by atoms with Crippen molar-refractivity contribution in [3.8, 4) is 35.7 Å². The van der Waals surface area contributed by atoms with Crippen molar-refractivity contribution in [2.75, 3.05) is 26.9 Å². The Bertz CT molecular complexity index is 1020. The number of ether oxygens (including phenoxy) is 3. The topological polar surface area (TPSA) is 39.7 Å². The molecule has 1 N–H and O–H groups in total. The molecule has 0 spiro atoms. The van der Waals surface area contributed by atoms with Crippen LogP contribution in [0, 0.1) is 24.2 Å². The van der Waals surface area contributed by atoms with Crippen molar-refractivity contribution in [2.45, 2.75) is 25.9 Å². The highest BCUT2D eigenvalue weighted by Crippen LogP contribution is 2.29. The molecule has 0 aromatic heterocycles. The minimum absolute atomic E-state index is 0.185. The van der Waals surface area contributed by atoms with Crippen molar-refractivity contribution in [2.24, 2.45) is 0 Å². The van der Waals surface area contributed by atoms with Gasteiger partial charge < -0.3 is 19.5 Å². The number of hydrogen-bond acceptors (Lipinski definition) is 4. The van der Waals surface area contributed by atoms with Crippen molar-refractivity contribution >= 4 is 40.4 Å². The molecule has 1 unspecified atom stereocenters. The first kappa shape index (κ1) is 25.8. The summed E-state index contributed by atoms with van der Waals surface area (Å²) in [4.78, 5) is 0.544. The first-order chi connectivity index (χ1) is 15.5. The van der Waals surface area contributed by atoms with Gasteiger partial charge >= 0.3 is 0 Å². The molecule has 0 aliphatic carbocycles. The van der Waals surface area contributed by atoms with Gasteiger partial charge in [-0.1, -0.05) is 66.3 Å². The van der Waals surface area contributed by atoms with E-state index in [0.29, 0.717) is 33.1 Å². The van der Waals surface area contributed by atoms with Crippen LogP contribution < -0.4 is 14.8 Å². The standard InChI is InChI=1S/C25H25Cl2NO3S/c1-4-6-7-15-31-24(19-9-10-20(26)21(27)17-19)25(32)28-13-12-18-8-11-22(30-14-5-2)23(16-18)29-3/h2,8-11,16-17,24H,4,12-15H2,1,3H3,(H,28,32). The van der Waals surface area contributed by atoms with Gasteiger partial charge in [0.1, 0.15) is 24.3 Å². The summed E-state index contributed by atoms with van der Waals surface area (Å²) in [5, 5.41) is 4.19. The van der Waals surface area contributed by atoms with Gasteiger partial charge in [-0.25, -0.2) is 0 Å². The van der Waals surface area contributed by atoms with Crippen molar-refractivity contribution in [1.29, 1.82) is 0 Å². The molecule has 168 valence electrons. The summed E-state index contributed by atoms with van der Waals surface area (Å²) in [7, 11) is 1.59. The van der Waals surface area contributed by atoms with Crippen LogP contribution in [0.2, 0.25) is 10.0 Å². The van der Waals surface area contributed by atoms with E-state index in [0.717, 1.165) is 24.0 Å². The second-order valence-electron chi connectivity index (χ2n) is 6.59. The summed E-state index contributed by atoms with van der Waals surface area (Å²) in [5.41, 5.74) is 1.87. The van der Waals surface area contributed by atoms with Crippen LogP contribution in [0.3, 0.4) is 0 Å². The largest absolute Gasteiger partial charge is 0.493 e. The first-order valence-corrected chi connectivity index (χ1v) is 11.2. The van der Waals surface area contributed by atoms with Gasteiger partial charge in [-0.3, -0.25) is 0 Å². The second-order valence-corrected chi connectivity index (χ2v) is 7.84. The fourth-order valence-corrected chi connectivity index (χ4v) is 3.44. The Morgan fingerprint density at radius 1 is 1.09 bits per heavy atom. The number of nitrogens with one attached hydrogen (secondary N) is 1. The number of halogens is 2. The summed E-state index contributed by atoms with van der Waals surface area (Å²) >= 11 is 17.9. The van der Waals surface area contributed by atoms with E-state index in [1.54, 1.807) is 19.2 Å². The van der Waals surface area contributed by atoms with Gasteiger partial charge in [-0.05, 0) is 41.8 Å². The monoisotopic (exact) mass is 489 g/mol. The second kappa shape index (κ2) is 13.9. The minimum atomic E-state index is -0.486. The van der Waals surface area contributed by atoms with Gasteiger partial charge in [-0.15, -0.1) is 12.3 Å². The molecule has 0 fully saturated rings. The van der Waals surface area contributed by atoms with Crippen LogP contribution in [-0.2, 0) is 11.2 Å². The Labute approximate surface area is 205 Å². The number of methoxy groups -OCH3 is 1. The number of rotatable bonds is 10. The quantitative estimate of drug-likeness (QED) is 0.345. The van der Waals surface area contributed by atoms with Gasteiger partial charge in [0.25, 0.3) is 0 Å². The molecule has 2 rings (SSSR count). The molecule has 2 aromatic rings. The molecule has 7 heteroatoms.